The largest absolute Gasteiger partial charge is 0.317 e. The van der Waals surface area contributed by atoms with E-state index in [1.165, 1.54) is 29.7 Å². The van der Waals surface area contributed by atoms with Crippen molar-refractivity contribution in [1.82, 2.24) is 5.32 Å². The molecule has 19 heavy (non-hydrogen) atoms. The minimum atomic E-state index is 0.781. The highest BCUT2D eigenvalue weighted by Gasteiger charge is 2.37. The SMILES string of the molecule is CCNCC1CC1c1ccc(-c2ccccc2)cc1. The topological polar surface area (TPSA) is 12.0 Å². The van der Waals surface area contributed by atoms with Crippen LogP contribution in [0.4, 0.5) is 0 Å². The zero-order valence-electron chi connectivity index (χ0n) is 11.5. The van der Waals surface area contributed by atoms with E-state index in [0.717, 1.165) is 18.4 Å². The van der Waals surface area contributed by atoms with Gasteiger partial charge in [0.15, 0.2) is 0 Å². The van der Waals surface area contributed by atoms with Crippen LogP contribution >= 0.6 is 0 Å². The Morgan fingerprint density at radius 1 is 0.947 bits per heavy atom. The van der Waals surface area contributed by atoms with Crippen LogP contribution in [-0.2, 0) is 0 Å². The zero-order valence-corrected chi connectivity index (χ0v) is 11.5. The van der Waals surface area contributed by atoms with Crippen molar-refractivity contribution in [3.63, 3.8) is 0 Å². The quantitative estimate of drug-likeness (QED) is 0.844. The summed E-state index contributed by atoms with van der Waals surface area (Å²) in [5.74, 6) is 1.63. The van der Waals surface area contributed by atoms with Crippen molar-refractivity contribution >= 4 is 0 Å². The fourth-order valence-corrected chi connectivity index (χ4v) is 2.76. The van der Waals surface area contributed by atoms with Gasteiger partial charge in [-0.05, 0) is 48.0 Å². The van der Waals surface area contributed by atoms with Gasteiger partial charge in [0, 0.05) is 0 Å². The van der Waals surface area contributed by atoms with E-state index >= 15 is 0 Å². The molecule has 0 bridgehead atoms. The number of benzene rings is 2. The van der Waals surface area contributed by atoms with Crippen LogP contribution in [0.3, 0.4) is 0 Å². The molecule has 1 nitrogen and oxygen atoms in total. The van der Waals surface area contributed by atoms with E-state index in [2.05, 4.69) is 66.8 Å². The highest BCUT2D eigenvalue weighted by atomic mass is 14.9. The van der Waals surface area contributed by atoms with Crippen molar-refractivity contribution in [2.24, 2.45) is 5.92 Å². The van der Waals surface area contributed by atoms with Crippen molar-refractivity contribution in [2.75, 3.05) is 13.1 Å². The van der Waals surface area contributed by atoms with Crippen LogP contribution in [0.2, 0.25) is 0 Å². The zero-order chi connectivity index (χ0) is 13.1. The van der Waals surface area contributed by atoms with Crippen LogP contribution < -0.4 is 5.32 Å². The Morgan fingerprint density at radius 3 is 2.32 bits per heavy atom. The lowest BCUT2D eigenvalue weighted by Crippen LogP contribution is -2.16. The van der Waals surface area contributed by atoms with Gasteiger partial charge in [-0.2, -0.15) is 0 Å². The Bertz CT molecular complexity index is 515. The summed E-state index contributed by atoms with van der Waals surface area (Å²) in [6.07, 6.45) is 1.34. The van der Waals surface area contributed by atoms with Gasteiger partial charge in [0.2, 0.25) is 0 Å². The second-order valence-electron chi connectivity index (χ2n) is 5.40. The standard InChI is InChI=1S/C18H21N/c1-2-19-13-17-12-18(17)16-10-8-15(9-11-16)14-6-4-3-5-7-14/h3-11,17-19H,2,12-13H2,1H3. The second-order valence-corrected chi connectivity index (χ2v) is 5.40. The van der Waals surface area contributed by atoms with Gasteiger partial charge in [0.05, 0.1) is 0 Å². The minimum Gasteiger partial charge on any atom is -0.317 e. The minimum absolute atomic E-state index is 0.781. The first kappa shape index (κ1) is 12.4. The molecule has 0 saturated heterocycles. The number of rotatable bonds is 5. The maximum Gasteiger partial charge on any atom is -0.00146 e. The normalized spacial score (nSPS) is 21.3. The maximum atomic E-state index is 3.45. The molecule has 0 radical (unpaired) electrons. The first-order chi connectivity index (χ1) is 9.38. The molecule has 1 heteroatoms. The third-order valence-electron chi connectivity index (χ3n) is 4.03. The predicted octanol–water partition coefficient (Wildman–Crippen LogP) is 4.07. The Hall–Kier alpha value is -1.60. The van der Waals surface area contributed by atoms with Crippen LogP contribution in [0.15, 0.2) is 54.6 Å². The lowest BCUT2D eigenvalue weighted by molar-refractivity contribution is 0.649. The Balaban J connectivity index is 1.67. The van der Waals surface area contributed by atoms with E-state index in [4.69, 9.17) is 0 Å². The molecule has 3 rings (SSSR count). The highest BCUT2D eigenvalue weighted by molar-refractivity contribution is 5.63. The molecular weight excluding hydrogens is 230 g/mol. The predicted molar refractivity (Wildman–Crippen MR) is 81.3 cm³/mol. The number of hydrogen-bond acceptors (Lipinski definition) is 1. The Kier molecular flexibility index (Phi) is 3.65. The molecule has 1 aliphatic carbocycles. The van der Waals surface area contributed by atoms with Gasteiger partial charge >= 0.3 is 0 Å². The second kappa shape index (κ2) is 5.58. The average Bonchev–Trinajstić information content (AvgIpc) is 3.26. The van der Waals surface area contributed by atoms with Crippen LogP contribution in [0, 0.1) is 5.92 Å². The van der Waals surface area contributed by atoms with E-state index in [1.54, 1.807) is 0 Å². The third kappa shape index (κ3) is 2.87. The van der Waals surface area contributed by atoms with Crippen LogP contribution in [-0.4, -0.2) is 13.1 Å². The van der Waals surface area contributed by atoms with Crippen molar-refractivity contribution in [3.05, 3.63) is 60.2 Å². The monoisotopic (exact) mass is 251 g/mol. The van der Waals surface area contributed by atoms with Crippen LogP contribution in [0.1, 0.15) is 24.8 Å². The van der Waals surface area contributed by atoms with Gasteiger partial charge in [-0.3, -0.25) is 0 Å². The molecule has 1 N–H and O–H groups in total. The number of nitrogens with one attached hydrogen (secondary N) is 1. The molecule has 2 aromatic rings. The smallest absolute Gasteiger partial charge is 0.00146 e. The van der Waals surface area contributed by atoms with Crippen LogP contribution in [0.5, 0.6) is 0 Å². The van der Waals surface area contributed by atoms with Crippen molar-refractivity contribution in [1.29, 1.82) is 0 Å². The fourth-order valence-electron chi connectivity index (χ4n) is 2.76. The van der Waals surface area contributed by atoms with Gasteiger partial charge in [-0.25, -0.2) is 0 Å². The molecule has 98 valence electrons. The van der Waals surface area contributed by atoms with Gasteiger partial charge in [-0.1, -0.05) is 61.5 Å². The van der Waals surface area contributed by atoms with Gasteiger partial charge in [0.25, 0.3) is 0 Å². The van der Waals surface area contributed by atoms with E-state index in [-0.39, 0.29) is 0 Å². The summed E-state index contributed by atoms with van der Waals surface area (Å²) in [4.78, 5) is 0. The first-order valence-corrected chi connectivity index (χ1v) is 7.24. The molecule has 1 aliphatic rings. The Labute approximate surface area is 115 Å². The van der Waals surface area contributed by atoms with Crippen molar-refractivity contribution < 1.29 is 0 Å². The van der Waals surface area contributed by atoms with Crippen LogP contribution in [0.25, 0.3) is 11.1 Å². The summed E-state index contributed by atoms with van der Waals surface area (Å²) < 4.78 is 0. The highest BCUT2D eigenvalue weighted by Crippen LogP contribution is 2.47. The summed E-state index contributed by atoms with van der Waals surface area (Å²) in [6.45, 7) is 4.42. The fraction of sp³-hybridized carbons (Fsp3) is 0.333. The summed E-state index contributed by atoms with van der Waals surface area (Å²) in [5.41, 5.74) is 4.12. The van der Waals surface area contributed by atoms with E-state index in [9.17, 15) is 0 Å². The summed E-state index contributed by atoms with van der Waals surface area (Å²) >= 11 is 0. The first-order valence-electron chi connectivity index (χ1n) is 7.24. The third-order valence-corrected chi connectivity index (χ3v) is 4.03. The molecule has 2 atom stereocenters. The van der Waals surface area contributed by atoms with Crippen molar-refractivity contribution in [3.8, 4) is 11.1 Å². The molecule has 0 aromatic heterocycles. The van der Waals surface area contributed by atoms with E-state index < -0.39 is 0 Å². The summed E-state index contributed by atoms with van der Waals surface area (Å²) in [5, 5.41) is 3.45. The maximum absolute atomic E-state index is 3.45. The molecule has 0 amide bonds. The molecular formula is C18H21N. The molecule has 0 aliphatic heterocycles. The van der Waals surface area contributed by atoms with E-state index in [1.807, 2.05) is 0 Å². The molecule has 1 fully saturated rings. The Morgan fingerprint density at radius 2 is 1.63 bits per heavy atom. The average molecular weight is 251 g/mol. The van der Waals surface area contributed by atoms with Gasteiger partial charge in [0.1, 0.15) is 0 Å². The summed E-state index contributed by atoms with van der Waals surface area (Å²) in [6, 6.07) is 19.7. The summed E-state index contributed by atoms with van der Waals surface area (Å²) in [7, 11) is 0. The lowest BCUT2D eigenvalue weighted by Gasteiger charge is -2.05. The molecule has 1 saturated carbocycles. The van der Waals surface area contributed by atoms with Crippen molar-refractivity contribution in [2.45, 2.75) is 19.3 Å². The van der Waals surface area contributed by atoms with E-state index in [0.29, 0.717) is 0 Å². The number of hydrogen-bond donors (Lipinski definition) is 1. The van der Waals surface area contributed by atoms with Gasteiger partial charge < -0.3 is 5.32 Å². The lowest BCUT2D eigenvalue weighted by atomic mass is 10.0. The molecule has 0 spiro atoms. The molecule has 0 heterocycles. The van der Waals surface area contributed by atoms with Gasteiger partial charge in [-0.15, -0.1) is 0 Å². The molecule has 2 aromatic carbocycles. The molecule has 2 unspecified atom stereocenters.